The summed E-state index contributed by atoms with van der Waals surface area (Å²) in [5.74, 6) is 0.893. The number of para-hydroxylation sites is 1. The van der Waals surface area contributed by atoms with Gasteiger partial charge in [-0.15, -0.1) is 0 Å². The van der Waals surface area contributed by atoms with Crippen LogP contribution in [0.3, 0.4) is 0 Å². The number of amides is 1. The summed E-state index contributed by atoms with van der Waals surface area (Å²) in [4.78, 5) is 12.6. The topological polar surface area (TPSA) is 38.3 Å². The summed E-state index contributed by atoms with van der Waals surface area (Å²) in [6.07, 6.45) is 3.07. The Labute approximate surface area is 131 Å². The molecule has 0 aromatic heterocycles. The quantitative estimate of drug-likeness (QED) is 0.938. The van der Waals surface area contributed by atoms with Crippen LogP contribution in [0.5, 0.6) is 5.75 Å². The third-order valence-corrected chi connectivity index (χ3v) is 4.33. The van der Waals surface area contributed by atoms with E-state index in [1.165, 1.54) is 11.1 Å². The van der Waals surface area contributed by atoms with E-state index < -0.39 is 0 Å². The summed E-state index contributed by atoms with van der Waals surface area (Å²) >= 11 is 0. The standard InChI is InChI=1S/C19H21NO2/c1-22-18-12-5-3-8-15(18)13-20-19(21)17-11-6-9-14-7-2-4-10-16(14)17/h2-5,7-8,10,12,17H,6,9,11,13H2,1H3,(H,20,21). The number of nitrogens with one attached hydrogen (secondary N) is 1. The molecule has 1 N–H and O–H groups in total. The van der Waals surface area contributed by atoms with Gasteiger partial charge in [0.25, 0.3) is 0 Å². The Kier molecular flexibility index (Phi) is 4.42. The van der Waals surface area contributed by atoms with Gasteiger partial charge in [0.15, 0.2) is 0 Å². The van der Waals surface area contributed by atoms with Crippen LogP contribution in [0.25, 0.3) is 0 Å². The zero-order valence-corrected chi connectivity index (χ0v) is 12.8. The maximum atomic E-state index is 12.6. The molecule has 0 bridgehead atoms. The first-order chi connectivity index (χ1) is 10.8. The molecule has 0 heterocycles. The van der Waals surface area contributed by atoms with E-state index >= 15 is 0 Å². The first-order valence-electron chi connectivity index (χ1n) is 7.77. The minimum Gasteiger partial charge on any atom is -0.496 e. The SMILES string of the molecule is COc1ccccc1CNC(=O)C1CCCc2ccccc21. The molecule has 114 valence electrons. The second kappa shape index (κ2) is 6.65. The third-order valence-electron chi connectivity index (χ3n) is 4.33. The van der Waals surface area contributed by atoms with Crippen molar-refractivity contribution in [3.8, 4) is 5.75 Å². The first-order valence-corrected chi connectivity index (χ1v) is 7.77. The van der Waals surface area contributed by atoms with Crippen LogP contribution in [-0.4, -0.2) is 13.0 Å². The predicted molar refractivity (Wildman–Crippen MR) is 87.0 cm³/mol. The van der Waals surface area contributed by atoms with Crippen molar-refractivity contribution in [3.05, 3.63) is 65.2 Å². The van der Waals surface area contributed by atoms with Gasteiger partial charge >= 0.3 is 0 Å². The van der Waals surface area contributed by atoms with Crippen molar-refractivity contribution < 1.29 is 9.53 Å². The van der Waals surface area contributed by atoms with Crippen LogP contribution in [0, 0.1) is 0 Å². The second-order valence-corrected chi connectivity index (χ2v) is 5.67. The number of hydrogen-bond acceptors (Lipinski definition) is 2. The Morgan fingerprint density at radius 2 is 1.95 bits per heavy atom. The molecule has 0 spiro atoms. The molecular weight excluding hydrogens is 274 g/mol. The Balaban J connectivity index is 1.71. The summed E-state index contributed by atoms with van der Waals surface area (Å²) in [6.45, 7) is 0.502. The van der Waals surface area contributed by atoms with E-state index in [0.717, 1.165) is 30.6 Å². The van der Waals surface area contributed by atoms with Crippen LogP contribution in [0.4, 0.5) is 0 Å². The van der Waals surface area contributed by atoms with Crippen LogP contribution < -0.4 is 10.1 Å². The number of ether oxygens (including phenoxy) is 1. The number of aryl methyl sites for hydroxylation is 1. The van der Waals surface area contributed by atoms with Crippen molar-refractivity contribution in [1.82, 2.24) is 5.32 Å². The summed E-state index contributed by atoms with van der Waals surface area (Å²) < 4.78 is 5.33. The summed E-state index contributed by atoms with van der Waals surface area (Å²) in [5.41, 5.74) is 3.50. The Morgan fingerprint density at radius 3 is 2.82 bits per heavy atom. The van der Waals surface area contributed by atoms with Crippen LogP contribution in [0.15, 0.2) is 48.5 Å². The van der Waals surface area contributed by atoms with Gasteiger partial charge in [-0.2, -0.15) is 0 Å². The van der Waals surface area contributed by atoms with E-state index in [2.05, 4.69) is 17.4 Å². The zero-order chi connectivity index (χ0) is 15.4. The van der Waals surface area contributed by atoms with E-state index in [0.29, 0.717) is 6.54 Å². The van der Waals surface area contributed by atoms with E-state index in [9.17, 15) is 4.79 Å². The molecule has 1 aliphatic carbocycles. The lowest BCUT2D eigenvalue weighted by molar-refractivity contribution is -0.123. The van der Waals surface area contributed by atoms with Crippen molar-refractivity contribution in [2.24, 2.45) is 0 Å². The lowest BCUT2D eigenvalue weighted by atomic mass is 9.82. The number of rotatable bonds is 4. The Hall–Kier alpha value is -2.29. The number of carbonyl (C=O) groups excluding carboxylic acids is 1. The zero-order valence-electron chi connectivity index (χ0n) is 12.8. The van der Waals surface area contributed by atoms with Gasteiger partial charge in [0.2, 0.25) is 5.91 Å². The average molecular weight is 295 g/mol. The molecule has 3 heteroatoms. The fourth-order valence-corrected chi connectivity index (χ4v) is 3.18. The lowest BCUT2D eigenvalue weighted by Gasteiger charge is -2.24. The summed E-state index contributed by atoms with van der Waals surface area (Å²) in [7, 11) is 1.65. The van der Waals surface area contributed by atoms with Crippen molar-refractivity contribution in [2.75, 3.05) is 7.11 Å². The van der Waals surface area contributed by atoms with Gasteiger partial charge in [0.05, 0.1) is 13.0 Å². The van der Waals surface area contributed by atoms with Gasteiger partial charge in [-0.05, 0) is 36.5 Å². The highest BCUT2D eigenvalue weighted by Crippen LogP contribution is 2.31. The monoisotopic (exact) mass is 295 g/mol. The maximum Gasteiger partial charge on any atom is 0.227 e. The Morgan fingerprint density at radius 1 is 1.18 bits per heavy atom. The van der Waals surface area contributed by atoms with Crippen LogP contribution in [-0.2, 0) is 17.8 Å². The number of benzene rings is 2. The molecule has 1 aliphatic rings. The molecule has 22 heavy (non-hydrogen) atoms. The highest BCUT2D eigenvalue weighted by atomic mass is 16.5. The molecule has 0 saturated carbocycles. The number of methoxy groups -OCH3 is 1. The molecule has 1 unspecified atom stereocenters. The van der Waals surface area contributed by atoms with Crippen molar-refractivity contribution >= 4 is 5.91 Å². The predicted octanol–water partition coefficient (Wildman–Crippen LogP) is 3.43. The fraction of sp³-hybridized carbons (Fsp3) is 0.316. The molecular formula is C19H21NO2. The molecule has 0 saturated heterocycles. The van der Waals surface area contributed by atoms with Crippen LogP contribution >= 0.6 is 0 Å². The van der Waals surface area contributed by atoms with Gasteiger partial charge in [-0.25, -0.2) is 0 Å². The lowest BCUT2D eigenvalue weighted by Crippen LogP contribution is -2.31. The highest BCUT2D eigenvalue weighted by molar-refractivity contribution is 5.84. The van der Waals surface area contributed by atoms with E-state index in [-0.39, 0.29) is 11.8 Å². The molecule has 3 rings (SSSR count). The van der Waals surface area contributed by atoms with Gasteiger partial charge in [-0.1, -0.05) is 42.5 Å². The van der Waals surface area contributed by atoms with Gasteiger partial charge in [0.1, 0.15) is 5.75 Å². The van der Waals surface area contributed by atoms with Crippen LogP contribution in [0.2, 0.25) is 0 Å². The van der Waals surface area contributed by atoms with Crippen molar-refractivity contribution in [2.45, 2.75) is 31.7 Å². The molecule has 0 radical (unpaired) electrons. The minimum atomic E-state index is -0.0281. The molecule has 1 amide bonds. The summed E-state index contributed by atoms with van der Waals surface area (Å²) in [5, 5.41) is 3.07. The first kappa shape index (κ1) is 14.6. The Bertz CT molecular complexity index is 666. The molecule has 3 nitrogen and oxygen atoms in total. The molecule has 2 aromatic carbocycles. The van der Waals surface area contributed by atoms with Gasteiger partial charge in [0, 0.05) is 12.1 Å². The third kappa shape index (κ3) is 2.98. The van der Waals surface area contributed by atoms with Crippen LogP contribution in [0.1, 0.15) is 35.4 Å². The normalized spacial score (nSPS) is 16.7. The highest BCUT2D eigenvalue weighted by Gasteiger charge is 2.25. The van der Waals surface area contributed by atoms with Crippen molar-refractivity contribution in [1.29, 1.82) is 0 Å². The minimum absolute atomic E-state index is 0.0281. The van der Waals surface area contributed by atoms with Gasteiger partial charge < -0.3 is 10.1 Å². The second-order valence-electron chi connectivity index (χ2n) is 5.67. The van der Waals surface area contributed by atoms with E-state index in [1.807, 2.05) is 36.4 Å². The number of fused-ring (bicyclic) bond motifs is 1. The fourth-order valence-electron chi connectivity index (χ4n) is 3.18. The molecule has 1 atom stereocenters. The van der Waals surface area contributed by atoms with E-state index in [1.54, 1.807) is 7.11 Å². The number of hydrogen-bond donors (Lipinski definition) is 1. The molecule has 0 fully saturated rings. The summed E-state index contributed by atoms with van der Waals surface area (Å²) in [6, 6.07) is 16.1. The number of carbonyl (C=O) groups is 1. The van der Waals surface area contributed by atoms with Crippen molar-refractivity contribution in [3.63, 3.8) is 0 Å². The van der Waals surface area contributed by atoms with Gasteiger partial charge in [-0.3, -0.25) is 4.79 Å². The van der Waals surface area contributed by atoms with E-state index in [4.69, 9.17) is 4.74 Å². The smallest absolute Gasteiger partial charge is 0.227 e. The maximum absolute atomic E-state index is 12.6. The largest absolute Gasteiger partial charge is 0.496 e. The molecule has 2 aromatic rings. The average Bonchev–Trinajstić information content (AvgIpc) is 2.59. The molecule has 0 aliphatic heterocycles.